The number of rotatable bonds is 2. The number of hydrogen-bond donors (Lipinski definition) is 0. The molecule has 2 nitrogen and oxygen atoms in total. The Morgan fingerprint density at radius 2 is 1.00 bits per heavy atom. The minimum atomic E-state index is 0.579. The van der Waals surface area contributed by atoms with E-state index in [4.69, 9.17) is 0 Å². The second-order valence-corrected chi connectivity index (χ2v) is 9.43. The molecule has 0 aliphatic heterocycles. The first kappa shape index (κ1) is 12.9. The third-order valence-electron chi connectivity index (χ3n) is 6.85. The van der Waals surface area contributed by atoms with Gasteiger partial charge in [-0.2, -0.15) is 0 Å². The average Bonchev–Trinajstić information content (AvgIpc) is 2.11. The van der Waals surface area contributed by atoms with Gasteiger partial charge in [0.1, 0.15) is 11.1 Å². The molecule has 0 atom stereocenters. The van der Waals surface area contributed by atoms with E-state index in [0.717, 1.165) is 11.8 Å². The van der Waals surface area contributed by atoms with E-state index in [1.807, 2.05) is 0 Å². The molecule has 0 saturated heterocycles. The number of quaternary nitrogens is 2. The molecule has 0 amide bonds. The maximum absolute atomic E-state index is 2.44. The van der Waals surface area contributed by atoms with Gasteiger partial charge in [0.15, 0.2) is 0 Å². The first-order valence-corrected chi connectivity index (χ1v) is 7.70. The van der Waals surface area contributed by atoms with Crippen molar-refractivity contribution in [3.63, 3.8) is 0 Å². The van der Waals surface area contributed by atoms with Gasteiger partial charge in [-0.25, -0.2) is 0 Å². The number of hydrogen-bond acceptors (Lipinski definition) is 0. The van der Waals surface area contributed by atoms with Gasteiger partial charge >= 0.3 is 0 Å². The Kier molecular flexibility index (Phi) is 2.39. The largest absolute Gasteiger partial charge is 0.326 e. The molecule has 0 N–H and O–H groups in total. The molecule has 104 valence electrons. The Morgan fingerprint density at radius 1 is 0.667 bits per heavy atom. The van der Waals surface area contributed by atoms with Crippen molar-refractivity contribution in [3.8, 4) is 0 Å². The Bertz CT molecular complexity index is 312. The summed E-state index contributed by atoms with van der Waals surface area (Å²) in [6, 6.07) is 0. The van der Waals surface area contributed by atoms with Crippen molar-refractivity contribution < 1.29 is 8.97 Å². The van der Waals surface area contributed by atoms with Crippen molar-refractivity contribution in [1.29, 1.82) is 0 Å². The summed E-state index contributed by atoms with van der Waals surface area (Å²) in [7, 11) is 14.6. The van der Waals surface area contributed by atoms with E-state index in [0.29, 0.717) is 11.1 Å². The molecule has 18 heavy (non-hydrogen) atoms. The Balaban J connectivity index is 2.03. The Labute approximate surface area is 113 Å². The normalized spacial score (nSPS) is 47.7. The summed E-state index contributed by atoms with van der Waals surface area (Å²) in [6.07, 6.45) is 8.97. The summed E-state index contributed by atoms with van der Waals surface area (Å²) >= 11 is 0. The van der Waals surface area contributed by atoms with Crippen LogP contribution >= 0.6 is 0 Å². The molecule has 0 aromatic rings. The zero-order valence-corrected chi connectivity index (χ0v) is 13.3. The van der Waals surface area contributed by atoms with Crippen LogP contribution in [0.4, 0.5) is 0 Å². The fourth-order valence-corrected chi connectivity index (χ4v) is 5.74. The lowest BCUT2D eigenvalue weighted by Gasteiger charge is -2.67. The van der Waals surface area contributed by atoms with Gasteiger partial charge in [-0.1, -0.05) is 0 Å². The Morgan fingerprint density at radius 3 is 1.28 bits per heavy atom. The molecular weight excluding hydrogens is 220 g/mol. The van der Waals surface area contributed by atoms with E-state index >= 15 is 0 Å². The second kappa shape index (κ2) is 3.32. The van der Waals surface area contributed by atoms with Gasteiger partial charge in [-0.3, -0.25) is 0 Å². The molecule has 0 spiro atoms. The van der Waals surface area contributed by atoms with Gasteiger partial charge < -0.3 is 8.97 Å². The van der Waals surface area contributed by atoms with Gasteiger partial charge in [0, 0.05) is 25.7 Å². The highest BCUT2D eigenvalue weighted by molar-refractivity contribution is 5.10. The lowest BCUT2D eigenvalue weighted by molar-refractivity contribution is -0.963. The fourth-order valence-electron chi connectivity index (χ4n) is 5.74. The lowest BCUT2D eigenvalue weighted by Crippen LogP contribution is -2.75. The summed E-state index contributed by atoms with van der Waals surface area (Å²) in [5.41, 5.74) is 1.16. The lowest BCUT2D eigenvalue weighted by atomic mass is 9.48. The fraction of sp³-hybridized carbons (Fsp3) is 1.00. The van der Waals surface area contributed by atoms with E-state index in [-0.39, 0.29) is 0 Å². The van der Waals surface area contributed by atoms with E-state index in [9.17, 15) is 0 Å². The van der Waals surface area contributed by atoms with Gasteiger partial charge in [0.2, 0.25) is 0 Å². The first-order valence-electron chi connectivity index (χ1n) is 7.70. The summed E-state index contributed by atoms with van der Waals surface area (Å²) in [5, 5.41) is 0. The molecule has 4 rings (SSSR count). The maximum atomic E-state index is 2.44. The predicted molar refractivity (Wildman–Crippen MR) is 76.2 cm³/mol. The Hall–Kier alpha value is -0.0800. The van der Waals surface area contributed by atoms with Crippen molar-refractivity contribution in [3.05, 3.63) is 0 Å². The molecule has 4 aliphatic rings. The molecule has 4 fully saturated rings. The highest BCUT2D eigenvalue weighted by Gasteiger charge is 2.67. The maximum Gasteiger partial charge on any atom is 0.105 e. The monoisotopic (exact) mass is 252 g/mol. The zero-order chi connectivity index (χ0) is 13.4. The van der Waals surface area contributed by atoms with Crippen LogP contribution in [0.5, 0.6) is 0 Å². The van der Waals surface area contributed by atoms with E-state index < -0.39 is 0 Å². The van der Waals surface area contributed by atoms with Crippen LogP contribution in [0.3, 0.4) is 0 Å². The van der Waals surface area contributed by atoms with E-state index in [2.05, 4.69) is 42.3 Å². The molecule has 2 heteroatoms. The summed E-state index contributed by atoms with van der Waals surface area (Å²) < 4.78 is 2.36. The van der Waals surface area contributed by atoms with Gasteiger partial charge in [-0.15, -0.1) is 0 Å². The van der Waals surface area contributed by atoms with Crippen LogP contribution < -0.4 is 0 Å². The first-order chi connectivity index (χ1) is 8.07. The summed E-state index contributed by atoms with van der Waals surface area (Å²) in [6.45, 7) is 0. The average molecular weight is 252 g/mol. The predicted octanol–water partition coefficient (Wildman–Crippen LogP) is 2.49. The van der Waals surface area contributed by atoms with Crippen LogP contribution in [0.1, 0.15) is 38.5 Å². The quantitative estimate of drug-likeness (QED) is 0.662. The third kappa shape index (κ3) is 1.54. The van der Waals surface area contributed by atoms with Gasteiger partial charge in [-0.05, 0) is 18.3 Å². The molecule has 0 aromatic carbocycles. The summed E-state index contributed by atoms with van der Waals surface area (Å²) in [4.78, 5) is 0. The number of nitrogens with zero attached hydrogens (tertiary/aromatic N) is 2. The van der Waals surface area contributed by atoms with Gasteiger partial charge in [0.05, 0.1) is 48.7 Å². The highest BCUT2D eigenvalue weighted by atomic mass is 15.4. The molecule has 0 aromatic heterocycles. The SMILES string of the molecule is C[N+](C)(C)C12CC3CC(C1)CC([N+](C)(C)C)(C3)C2. The zero-order valence-electron chi connectivity index (χ0n) is 13.3. The minimum Gasteiger partial charge on any atom is -0.326 e. The standard InChI is InChI=1S/C16H32N2/c1-17(2,3)15-8-13-7-14(9-15)11-16(10-13,12-15)18(4,5)6/h13-14H,7-12H2,1-6H3/q+2. The molecule has 4 saturated carbocycles. The molecule has 0 unspecified atom stereocenters. The van der Waals surface area contributed by atoms with Crippen LogP contribution in [0.2, 0.25) is 0 Å². The van der Waals surface area contributed by atoms with Crippen molar-refractivity contribution in [2.45, 2.75) is 49.6 Å². The van der Waals surface area contributed by atoms with Crippen LogP contribution in [0.15, 0.2) is 0 Å². The van der Waals surface area contributed by atoms with Crippen molar-refractivity contribution >= 4 is 0 Å². The highest BCUT2D eigenvalue weighted by Crippen LogP contribution is 2.62. The van der Waals surface area contributed by atoms with Crippen molar-refractivity contribution in [2.24, 2.45) is 11.8 Å². The van der Waals surface area contributed by atoms with Crippen molar-refractivity contribution in [2.75, 3.05) is 42.3 Å². The molecule has 0 heterocycles. The topological polar surface area (TPSA) is 0 Å². The smallest absolute Gasteiger partial charge is 0.105 e. The van der Waals surface area contributed by atoms with Gasteiger partial charge in [0.25, 0.3) is 0 Å². The molecule has 0 radical (unpaired) electrons. The van der Waals surface area contributed by atoms with Crippen LogP contribution in [0, 0.1) is 11.8 Å². The van der Waals surface area contributed by atoms with E-state index in [1.54, 1.807) is 0 Å². The van der Waals surface area contributed by atoms with Crippen LogP contribution in [0.25, 0.3) is 0 Å². The minimum absolute atomic E-state index is 0.579. The van der Waals surface area contributed by atoms with E-state index in [1.165, 1.54) is 47.5 Å². The van der Waals surface area contributed by atoms with Crippen LogP contribution in [-0.2, 0) is 0 Å². The molecular formula is C16H32N2+2. The van der Waals surface area contributed by atoms with Crippen LogP contribution in [-0.4, -0.2) is 62.3 Å². The summed E-state index contributed by atoms with van der Waals surface area (Å²) in [5.74, 6) is 2.03. The van der Waals surface area contributed by atoms with Crippen molar-refractivity contribution in [1.82, 2.24) is 0 Å². The third-order valence-corrected chi connectivity index (χ3v) is 6.85. The second-order valence-electron chi connectivity index (χ2n) is 9.43. The molecule has 4 aliphatic carbocycles. The molecule has 4 bridgehead atoms.